The molecule has 1 N–H and O–H groups in total. The molecule has 1 saturated carbocycles. The third kappa shape index (κ3) is 4.13. The van der Waals surface area contributed by atoms with Gasteiger partial charge in [-0.1, -0.05) is 17.7 Å². The van der Waals surface area contributed by atoms with E-state index in [2.05, 4.69) is 20.3 Å². The lowest BCUT2D eigenvalue weighted by molar-refractivity contribution is -0.0361. The molecule has 0 amide bonds. The maximum Gasteiger partial charge on any atom is 0.248 e. The highest BCUT2D eigenvalue weighted by atomic mass is 35.5. The van der Waals surface area contributed by atoms with Crippen LogP contribution in [0.1, 0.15) is 31.4 Å². The van der Waals surface area contributed by atoms with Crippen molar-refractivity contribution >= 4 is 17.4 Å². The second-order valence-electron chi connectivity index (χ2n) is 5.84. The molecule has 3 rings (SSSR count). The van der Waals surface area contributed by atoms with Crippen LogP contribution in [-0.4, -0.2) is 26.9 Å². The molecule has 2 aromatic rings. The number of nitrogens with one attached hydrogen (secondary N) is 1. The van der Waals surface area contributed by atoms with Crippen molar-refractivity contribution < 1.29 is 8.78 Å². The zero-order valence-electron chi connectivity index (χ0n) is 12.7. The zero-order valence-corrected chi connectivity index (χ0v) is 13.4. The lowest BCUT2D eigenvalue weighted by Crippen LogP contribution is -2.32. The molecule has 0 atom stereocenters. The summed E-state index contributed by atoms with van der Waals surface area (Å²) in [6.45, 7) is 1.88. The summed E-state index contributed by atoms with van der Waals surface area (Å²) in [5.41, 5.74) is 1.49. The van der Waals surface area contributed by atoms with E-state index in [9.17, 15) is 8.78 Å². The minimum atomic E-state index is -2.54. The van der Waals surface area contributed by atoms with Crippen molar-refractivity contribution in [1.29, 1.82) is 0 Å². The maximum absolute atomic E-state index is 13.2. The Morgan fingerprint density at radius 2 is 1.91 bits per heavy atom. The van der Waals surface area contributed by atoms with Crippen LogP contribution < -0.4 is 5.32 Å². The molecule has 0 spiro atoms. The molecule has 1 aliphatic rings. The molecule has 0 saturated heterocycles. The Bertz CT molecular complexity index is 698. The summed E-state index contributed by atoms with van der Waals surface area (Å²) in [5, 5.41) is 3.48. The Kier molecular flexibility index (Phi) is 4.43. The molecule has 2 aromatic heterocycles. The second-order valence-corrected chi connectivity index (χ2v) is 6.23. The van der Waals surface area contributed by atoms with Gasteiger partial charge in [-0.25, -0.2) is 23.7 Å². The predicted molar refractivity (Wildman–Crippen MR) is 85.8 cm³/mol. The number of halogens is 3. The van der Waals surface area contributed by atoms with Crippen LogP contribution in [0.4, 0.5) is 14.6 Å². The summed E-state index contributed by atoms with van der Waals surface area (Å²) in [7, 11) is 0. The number of rotatable bonds is 3. The lowest BCUT2D eigenvalue weighted by Gasteiger charge is -2.29. The number of hydrogen-bond donors (Lipinski definition) is 1. The van der Waals surface area contributed by atoms with E-state index >= 15 is 0 Å². The molecule has 1 aliphatic carbocycles. The standard InChI is InChI=1S/C16H17ClF2N4/c1-10-3-2-4-12(20-10)15-22-13(17)9-14(23-15)21-11-5-7-16(18,19)8-6-11/h2-4,9,11H,5-8H2,1H3,(H,21,22,23). The van der Waals surface area contributed by atoms with Crippen molar-refractivity contribution in [3.63, 3.8) is 0 Å². The number of aryl methyl sites for hydroxylation is 1. The van der Waals surface area contributed by atoms with Crippen LogP contribution in [0.25, 0.3) is 11.5 Å². The fourth-order valence-electron chi connectivity index (χ4n) is 2.67. The topological polar surface area (TPSA) is 50.7 Å². The lowest BCUT2D eigenvalue weighted by atomic mass is 9.92. The summed E-state index contributed by atoms with van der Waals surface area (Å²) in [4.78, 5) is 13.0. The highest BCUT2D eigenvalue weighted by molar-refractivity contribution is 6.29. The van der Waals surface area contributed by atoms with Crippen molar-refractivity contribution in [2.75, 3.05) is 5.32 Å². The maximum atomic E-state index is 13.2. The number of hydrogen-bond acceptors (Lipinski definition) is 4. The quantitative estimate of drug-likeness (QED) is 0.838. The molecule has 1 fully saturated rings. The van der Waals surface area contributed by atoms with E-state index < -0.39 is 5.92 Å². The van der Waals surface area contributed by atoms with Gasteiger partial charge in [0.05, 0.1) is 0 Å². The Morgan fingerprint density at radius 3 is 2.61 bits per heavy atom. The predicted octanol–water partition coefficient (Wildman–Crippen LogP) is 4.49. The average Bonchev–Trinajstić information content (AvgIpc) is 2.49. The first kappa shape index (κ1) is 16.1. The highest BCUT2D eigenvalue weighted by Crippen LogP contribution is 2.34. The third-order valence-electron chi connectivity index (χ3n) is 3.88. The van der Waals surface area contributed by atoms with E-state index in [1.165, 1.54) is 0 Å². The molecule has 0 bridgehead atoms. The van der Waals surface area contributed by atoms with E-state index in [-0.39, 0.29) is 18.9 Å². The molecular formula is C16H17ClF2N4. The van der Waals surface area contributed by atoms with Crippen LogP contribution >= 0.6 is 11.6 Å². The molecule has 0 unspecified atom stereocenters. The first-order valence-electron chi connectivity index (χ1n) is 7.54. The summed E-state index contributed by atoms with van der Waals surface area (Å²) in [6, 6.07) is 7.14. The van der Waals surface area contributed by atoms with Gasteiger partial charge >= 0.3 is 0 Å². The molecule has 23 heavy (non-hydrogen) atoms. The van der Waals surface area contributed by atoms with Crippen LogP contribution in [0.3, 0.4) is 0 Å². The van der Waals surface area contributed by atoms with Crippen molar-refractivity contribution in [1.82, 2.24) is 15.0 Å². The van der Waals surface area contributed by atoms with E-state index in [1.807, 2.05) is 25.1 Å². The van der Waals surface area contributed by atoms with Gasteiger partial charge in [0.2, 0.25) is 5.92 Å². The van der Waals surface area contributed by atoms with Crippen LogP contribution in [0.15, 0.2) is 24.3 Å². The molecule has 0 aliphatic heterocycles. The van der Waals surface area contributed by atoms with Gasteiger partial charge in [0.15, 0.2) is 5.82 Å². The van der Waals surface area contributed by atoms with Gasteiger partial charge in [0.1, 0.15) is 16.7 Å². The van der Waals surface area contributed by atoms with E-state index in [4.69, 9.17) is 11.6 Å². The van der Waals surface area contributed by atoms with Crippen LogP contribution in [0.5, 0.6) is 0 Å². The van der Waals surface area contributed by atoms with E-state index in [0.717, 1.165) is 5.69 Å². The number of nitrogens with zero attached hydrogens (tertiary/aromatic N) is 3. The smallest absolute Gasteiger partial charge is 0.248 e. The van der Waals surface area contributed by atoms with Gasteiger partial charge in [0, 0.05) is 30.6 Å². The minimum absolute atomic E-state index is 0.0288. The van der Waals surface area contributed by atoms with Crippen molar-refractivity contribution in [2.24, 2.45) is 0 Å². The van der Waals surface area contributed by atoms with Crippen LogP contribution in [-0.2, 0) is 0 Å². The Morgan fingerprint density at radius 1 is 1.17 bits per heavy atom. The van der Waals surface area contributed by atoms with E-state index in [1.54, 1.807) is 6.07 Å². The second kappa shape index (κ2) is 6.35. The molecule has 0 aromatic carbocycles. The summed E-state index contributed by atoms with van der Waals surface area (Å²) < 4.78 is 26.4. The number of pyridine rings is 1. The van der Waals surface area contributed by atoms with Gasteiger partial charge in [-0.3, -0.25) is 0 Å². The molecule has 7 heteroatoms. The minimum Gasteiger partial charge on any atom is -0.367 e. The molecule has 122 valence electrons. The average molecular weight is 339 g/mol. The van der Waals surface area contributed by atoms with Crippen molar-refractivity contribution in [2.45, 2.75) is 44.6 Å². The van der Waals surface area contributed by atoms with Gasteiger partial charge in [-0.15, -0.1) is 0 Å². The first-order chi connectivity index (χ1) is 10.9. The summed E-state index contributed by atoms with van der Waals surface area (Å²) in [5.74, 6) is -1.58. The van der Waals surface area contributed by atoms with Gasteiger partial charge in [-0.05, 0) is 31.9 Å². The Hall–Kier alpha value is -1.82. The van der Waals surface area contributed by atoms with Crippen molar-refractivity contribution in [3.8, 4) is 11.5 Å². The Labute approximate surface area is 138 Å². The van der Waals surface area contributed by atoms with Gasteiger partial charge in [-0.2, -0.15) is 0 Å². The molecule has 4 nitrogen and oxygen atoms in total. The van der Waals surface area contributed by atoms with Crippen LogP contribution in [0.2, 0.25) is 5.15 Å². The van der Waals surface area contributed by atoms with Crippen LogP contribution in [0, 0.1) is 6.92 Å². The number of alkyl halides is 2. The number of aromatic nitrogens is 3. The third-order valence-corrected chi connectivity index (χ3v) is 4.08. The molecule has 0 radical (unpaired) electrons. The summed E-state index contributed by atoms with van der Waals surface area (Å²) >= 11 is 6.06. The fraction of sp³-hybridized carbons (Fsp3) is 0.438. The fourth-order valence-corrected chi connectivity index (χ4v) is 2.85. The number of anilines is 1. The first-order valence-corrected chi connectivity index (χ1v) is 7.92. The van der Waals surface area contributed by atoms with Gasteiger partial charge < -0.3 is 5.32 Å². The SMILES string of the molecule is Cc1cccc(-c2nc(Cl)cc(NC3CCC(F)(F)CC3)n2)n1. The monoisotopic (exact) mass is 338 g/mol. The highest BCUT2D eigenvalue weighted by Gasteiger charge is 2.34. The normalized spacial score (nSPS) is 17.9. The largest absolute Gasteiger partial charge is 0.367 e. The van der Waals surface area contributed by atoms with Crippen molar-refractivity contribution in [3.05, 3.63) is 35.1 Å². The van der Waals surface area contributed by atoms with Gasteiger partial charge in [0.25, 0.3) is 0 Å². The Balaban J connectivity index is 1.78. The summed E-state index contributed by atoms with van der Waals surface area (Å²) in [6.07, 6.45) is 0.616. The molecular weight excluding hydrogens is 322 g/mol. The molecule has 2 heterocycles. The van der Waals surface area contributed by atoms with E-state index in [0.29, 0.717) is 35.3 Å². The zero-order chi connectivity index (χ0) is 16.4.